The molecule has 0 N–H and O–H groups in total. The van der Waals surface area contributed by atoms with E-state index in [4.69, 9.17) is 9.47 Å². The summed E-state index contributed by atoms with van der Waals surface area (Å²) in [6.45, 7) is 2.47. The number of nitrogens with zero attached hydrogens (tertiary/aromatic N) is 3. The lowest BCUT2D eigenvalue weighted by atomic mass is 10.0. The monoisotopic (exact) mass is 383 g/mol. The van der Waals surface area contributed by atoms with Crippen LogP contribution in [0.1, 0.15) is 28.9 Å². The predicted octanol–water partition coefficient (Wildman–Crippen LogP) is 2.88. The number of pyridine rings is 1. The van der Waals surface area contributed by atoms with E-state index in [-0.39, 0.29) is 5.91 Å². The van der Waals surface area contributed by atoms with Gasteiger partial charge in [-0.25, -0.2) is 0 Å². The molecule has 6 nitrogen and oxygen atoms in total. The van der Waals surface area contributed by atoms with Crippen LogP contribution in [-0.4, -0.2) is 67.6 Å². The van der Waals surface area contributed by atoms with Crippen LogP contribution in [0.2, 0.25) is 0 Å². The molecule has 0 radical (unpaired) electrons. The number of hydrogen-bond acceptors (Lipinski definition) is 5. The van der Waals surface area contributed by atoms with Crippen molar-refractivity contribution in [3.8, 4) is 11.5 Å². The highest BCUT2D eigenvalue weighted by Crippen LogP contribution is 2.28. The van der Waals surface area contributed by atoms with E-state index >= 15 is 0 Å². The van der Waals surface area contributed by atoms with Gasteiger partial charge in [0.2, 0.25) is 0 Å². The summed E-state index contributed by atoms with van der Waals surface area (Å²) in [6, 6.07) is 11.9. The SMILES string of the molecule is COc1ccc(CCN(C)[C@H]2CCCN(C(=O)c3ccccn3)C2)cc1OC. The van der Waals surface area contributed by atoms with Gasteiger partial charge >= 0.3 is 0 Å². The van der Waals surface area contributed by atoms with Crippen LogP contribution in [0.3, 0.4) is 0 Å². The summed E-state index contributed by atoms with van der Waals surface area (Å²) >= 11 is 0. The second-order valence-electron chi connectivity index (χ2n) is 7.18. The van der Waals surface area contributed by atoms with Crippen molar-refractivity contribution in [2.75, 3.05) is 40.9 Å². The maximum absolute atomic E-state index is 12.7. The van der Waals surface area contributed by atoms with E-state index < -0.39 is 0 Å². The number of rotatable bonds is 7. The molecule has 1 aliphatic rings. The van der Waals surface area contributed by atoms with Gasteiger partial charge in [-0.05, 0) is 56.1 Å². The summed E-state index contributed by atoms with van der Waals surface area (Å²) in [7, 11) is 5.44. The molecule has 0 spiro atoms. The Bertz CT molecular complexity index is 782. The first-order valence-corrected chi connectivity index (χ1v) is 9.74. The van der Waals surface area contributed by atoms with Crippen LogP contribution in [0.5, 0.6) is 11.5 Å². The molecule has 150 valence electrons. The van der Waals surface area contributed by atoms with Crippen LogP contribution >= 0.6 is 0 Å². The molecule has 1 atom stereocenters. The first-order valence-electron chi connectivity index (χ1n) is 9.74. The van der Waals surface area contributed by atoms with E-state index in [1.807, 2.05) is 29.2 Å². The number of ether oxygens (including phenoxy) is 2. The summed E-state index contributed by atoms with van der Waals surface area (Å²) in [5, 5.41) is 0. The van der Waals surface area contributed by atoms with E-state index in [9.17, 15) is 4.79 Å². The third kappa shape index (κ3) is 4.81. The Hall–Kier alpha value is -2.60. The maximum Gasteiger partial charge on any atom is 0.272 e. The lowest BCUT2D eigenvalue weighted by Gasteiger charge is -2.37. The molecule has 0 aliphatic carbocycles. The van der Waals surface area contributed by atoms with Crippen LogP contribution in [0.4, 0.5) is 0 Å². The summed E-state index contributed by atoms with van der Waals surface area (Å²) in [5.41, 5.74) is 1.73. The van der Waals surface area contributed by atoms with Gasteiger partial charge in [0, 0.05) is 31.9 Å². The number of carbonyl (C=O) groups excluding carboxylic acids is 1. The van der Waals surface area contributed by atoms with E-state index in [0.29, 0.717) is 11.7 Å². The molecule has 28 heavy (non-hydrogen) atoms. The van der Waals surface area contributed by atoms with Crippen molar-refractivity contribution in [3.63, 3.8) is 0 Å². The van der Waals surface area contributed by atoms with Crippen molar-refractivity contribution in [3.05, 3.63) is 53.9 Å². The number of likely N-dealkylation sites (tertiary alicyclic amines) is 1. The Labute approximate surface area is 167 Å². The largest absolute Gasteiger partial charge is 0.493 e. The molecular weight excluding hydrogens is 354 g/mol. The Morgan fingerprint density at radius 2 is 2.04 bits per heavy atom. The van der Waals surface area contributed by atoms with Crippen LogP contribution in [-0.2, 0) is 6.42 Å². The fourth-order valence-electron chi connectivity index (χ4n) is 3.67. The number of amides is 1. The highest BCUT2D eigenvalue weighted by Gasteiger charge is 2.27. The first kappa shape index (κ1) is 20.1. The van der Waals surface area contributed by atoms with E-state index in [0.717, 1.165) is 50.4 Å². The molecule has 0 saturated carbocycles. The highest BCUT2D eigenvalue weighted by molar-refractivity contribution is 5.92. The zero-order valence-corrected chi connectivity index (χ0v) is 16.9. The predicted molar refractivity (Wildman–Crippen MR) is 109 cm³/mol. The Kier molecular flexibility index (Phi) is 6.87. The lowest BCUT2D eigenvalue weighted by Crippen LogP contribution is -2.49. The number of likely N-dealkylation sites (N-methyl/N-ethyl adjacent to an activating group) is 1. The van der Waals surface area contributed by atoms with Gasteiger partial charge in [-0.2, -0.15) is 0 Å². The Morgan fingerprint density at radius 3 is 2.75 bits per heavy atom. The molecule has 2 heterocycles. The molecule has 1 amide bonds. The third-order valence-corrected chi connectivity index (χ3v) is 5.39. The minimum absolute atomic E-state index is 0.0265. The standard InChI is InChI=1S/C22H29N3O3/c1-24(14-11-17-9-10-20(27-2)21(15-17)28-3)18-7-6-13-25(16-18)22(26)19-8-4-5-12-23-19/h4-5,8-10,12,15,18H,6-7,11,13-14,16H2,1-3H3/t18-/m0/s1. The molecule has 1 aliphatic heterocycles. The molecule has 1 aromatic heterocycles. The summed E-state index contributed by atoms with van der Waals surface area (Å²) in [4.78, 5) is 21.2. The van der Waals surface area contributed by atoms with Crippen LogP contribution < -0.4 is 9.47 Å². The quantitative estimate of drug-likeness (QED) is 0.736. The second-order valence-corrected chi connectivity index (χ2v) is 7.18. The van der Waals surface area contributed by atoms with E-state index in [2.05, 4.69) is 23.0 Å². The Balaban J connectivity index is 1.57. The van der Waals surface area contributed by atoms with Crippen LogP contribution in [0, 0.1) is 0 Å². The van der Waals surface area contributed by atoms with Crippen molar-refractivity contribution in [1.29, 1.82) is 0 Å². The molecule has 1 saturated heterocycles. The minimum atomic E-state index is 0.0265. The highest BCUT2D eigenvalue weighted by atomic mass is 16.5. The van der Waals surface area contributed by atoms with Crippen molar-refractivity contribution < 1.29 is 14.3 Å². The van der Waals surface area contributed by atoms with Crippen molar-refractivity contribution in [2.45, 2.75) is 25.3 Å². The van der Waals surface area contributed by atoms with Gasteiger partial charge in [0.1, 0.15) is 5.69 Å². The van der Waals surface area contributed by atoms with Crippen molar-refractivity contribution >= 4 is 5.91 Å². The summed E-state index contributed by atoms with van der Waals surface area (Å²) in [6.07, 6.45) is 4.71. The molecule has 3 rings (SSSR count). The van der Waals surface area contributed by atoms with E-state index in [1.165, 1.54) is 5.56 Å². The molecule has 0 unspecified atom stereocenters. The molecular formula is C22H29N3O3. The van der Waals surface area contributed by atoms with Gasteiger partial charge in [0.05, 0.1) is 14.2 Å². The number of piperidine rings is 1. The zero-order chi connectivity index (χ0) is 19.9. The smallest absolute Gasteiger partial charge is 0.272 e. The van der Waals surface area contributed by atoms with Crippen molar-refractivity contribution in [1.82, 2.24) is 14.8 Å². The Morgan fingerprint density at radius 1 is 1.21 bits per heavy atom. The van der Waals surface area contributed by atoms with Crippen LogP contribution in [0.25, 0.3) is 0 Å². The lowest BCUT2D eigenvalue weighted by molar-refractivity contribution is 0.0606. The van der Waals surface area contributed by atoms with E-state index in [1.54, 1.807) is 26.5 Å². The number of methoxy groups -OCH3 is 2. The fraction of sp³-hybridized carbons (Fsp3) is 0.455. The van der Waals surface area contributed by atoms with Gasteiger partial charge in [0.25, 0.3) is 5.91 Å². The summed E-state index contributed by atoms with van der Waals surface area (Å²) in [5.74, 6) is 1.53. The third-order valence-electron chi connectivity index (χ3n) is 5.39. The van der Waals surface area contributed by atoms with Gasteiger partial charge in [-0.1, -0.05) is 12.1 Å². The normalized spacial score (nSPS) is 16.9. The van der Waals surface area contributed by atoms with Crippen molar-refractivity contribution in [2.24, 2.45) is 0 Å². The number of hydrogen-bond donors (Lipinski definition) is 0. The second kappa shape index (κ2) is 9.55. The summed E-state index contributed by atoms with van der Waals surface area (Å²) < 4.78 is 10.7. The van der Waals surface area contributed by atoms with Crippen LogP contribution in [0.15, 0.2) is 42.6 Å². The fourth-order valence-corrected chi connectivity index (χ4v) is 3.67. The molecule has 0 bridgehead atoms. The van der Waals surface area contributed by atoms with Gasteiger partial charge < -0.3 is 19.3 Å². The molecule has 6 heteroatoms. The minimum Gasteiger partial charge on any atom is -0.493 e. The van der Waals surface area contributed by atoms with Gasteiger partial charge in [-0.15, -0.1) is 0 Å². The number of carbonyl (C=O) groups is 1. The average molecular weight is 383 g/mol. The molecule has 1 aromatic carbocycles. The molecule has 2 aromatic rings. The maximum atomic E-state index is 12.7. The number of aromatic nitrogens is 1. The number of benzene rings is 1. The van der Waals surface area contributed by atoms with Gasteiger partial charge in [-0.3, -0.25) is 9.78 Å². The average Bonchev–Trinajstić information content (AvgIpc) is 2.77. The first-order chi connectivity index (χ1) is 13.6. The van der Waals surface area contributed by atoms with Gasteiger partial charge in [0.15, 0.2) is 11.5 Å². The zero-order valence-electron chi connectivity index (χ0n) is 16.9. The molecule has 1 fully saturated rings. The topological polar surface area (TPSA) is 54.9 Å².